The molecular formula is C12H18N2O. The van der Waals surface area contributed by atoms with Gasteiger partial charge in [-0.1, -0.05) is 27.0 Å². The first kappa shape index (κ1) is 11.6. The van der Waals surface area contributed by atoms with Crippen molar-refractivity contribution in [2.75, 3.05) is 0 Å². The number of Topliss-reactive ketones (excluding diaryl/α,β-unsaturated/α-hetero) is 1. The van der Waals surface area contributed by atoms with Crippen LogP contribution in [0.1, 0.15) is 26.7 Å². The second kappa shape index (κ2) is 3.93. The van der Waals surface area contributed by atoms with Crippen LogP contribution in [0.2, 0.25) is 0 Å². The van der Waals surface area contributed by atoms with Crippen molar-refractivity contribution in [3.8, 4) is 0 Å². The second-order valence-electron chi connectivity index (χ2n) is 4.77. The highest BCUT2D eigenvalue weighted by atomic mass is 16.1. The Bertz CT molecular complexity index is 329. The SMILES string of the molecule is C=C(N)N/C=C1/C(=C)CC(C)(C)CC1=O. The molecule has 1 saturated carbocycles. The van der Waals surface area contributed by atoms with Gasteiger partial charge in [-0.25, -0.2) is 0 Å². The topological polar surface area (TPSA) is 55.1 Å². The van der Waals surface area contributed by atoms with Gasteiger partial charge >= 0.3 is 0 Å². The standard InChI is InChI=1S/C12H18N2O/c1-8-5-12(3,4)6-11(15)10(8)7-14-9(2)13/h7,14H,1-2,5-6,13H2,3-4H3/b10-7-. The Balaban J connectivity index is 2.84. The summed E-state index contributed by atoms with van der Waals surface area (Å²) in [6.45, 7) is 11.6. The number of nitrogens with two attached hydrogens (primary N) is 1. The molecule has 3 nitrogen and oxygen atoms in total. The van der Waals surface area contributed by atoms with Crippen LogP contribution in [-0.4, -0.2) is 5.78 Å². The summed E-state index contributed by atoms with van der Waals surface area (Å²) in [5, 5.41) is 2.74. The van der Waals surface area contributed by atoms with E-state index < -0.39 is 0 Å². The smallest absolute Gasteiger partial charge is 0.165 e. The van der Waals surface area contributed by atoms with Crippen molar-refractivity contribution in [3.05, 3.63) is 36.3 Å². The Labute approximate surface area is 90.7 Å². The molecule has 3 heteroatoms. The van der Waals surface area contributed by atoms with E-state index in [1.165, 1.54) is 0 Å². The minimum absolute atomic E-state index is 0.0191. The molecule has 0 spiro atoms. The lowest BCUT2D eigenvalue weighted by molar-refractivity contribution is -0.118. The van der Waals surface area contributed by atoms with Crippen LogP contribution in [0.5, 0.6) is 0 Å². The molecule has 0 aliphatic heterocycles. The van der Waals surface area contributed by atoms with Gasteiger partial charge in [0.2, 0.25) is 0 Å². The third-order valence-corrected chi connectivity index (χ3v) is 2.41. The number of rotatable bonds is 2. The van der Waals surface area contributed by atoms with E-state index >= 15 is 0 Å². The van der Waals surface area contributed by atoms with Crippen LogP contribution < -0.4 is 11.1 Å². The van der Waals surface area contributed by atoms with E-state index in [2.05, 4.69) is 32.3 Å². The van der Waals surface area contributed by atoms with Crippen molar-refractivity contribution in [1.82, 2.24) is 5.32 Å². The van der Waals surface area contributed by atoms with Gasteiger partial charge in [0.25, 0.3) is 0 Å². The molecule has 0 radical (unpaired) electrons. The summed E-state index contributed by atoms with van der Waals surface area (Å²) in [6.07, 6.45) is 2.99. The molecule has 0 aromatic carbocycles. The minimum atomic E-state index is 0.0191. The van der Waals surface area contributed by atoms with Gasteiger partial charge in [0, 0.05) is 18.2 Å². The molecule has 0 heterocycles. The van der Waals surface area contributed by atoms with E-state index in [-0.39, 0.29) is 11.2 Å². The number of nitrogens with one attached hydrogen (secondary N) is 1. The minimum Gasteiger partial charge on any atom is -0.386 e. The Hall–Kier alpha value is -1.51. The zero-order valence-electron chi connectivity index (χ0n) is 9.39. The summed E-state index contributed by atoms with van der Waals surface area (Å²) in [5.41, 5.74) is 6.89. The maximum Gasteiger partial charge on any atom is 0.165 e. The first-order valence-electron chi connectivity index (χ1n) is 4.94. The van der Waals surface area contributed by atoms with Gasteiger partial charge in [-0.3, -0.25) is 4.79 Å². The van der Waals surface area contributed by atoms with E-state index in [9.17, 15) is 4.79 Å². The van der Waals surface area contributed by atoms with Gasteiger partial charge in [-0.2, -0.15) is 0 Å². The number of ketones is 1. The highest BCUT2D eigenvalue weighted by molar-refractivity contribution is 6.00. The zero-order valence-corrected chi connectivity index (χ0v) is 9.39. The first-order chi connectivity index (χ1) is 6.82. The Morgan fingerprint density at radius 3 is 2.60 bits per heavy atom. The molecule has 0 bridgehead atoms. The third kappa shape index (κ3) is 2.98. The Kier molecular flexibility index (Phi) is 3.03. The Morgan fingerprint density at radius 2 is 2.13 bits per heavy atom. The summed E-state index contributed by atoms with van der Waals surface area (Å²) in [4.78, 5) is 11.8. The van der Waals surface area contributed by atoms with Gasteiger partial charge < -0.3 is 11.1 Å². The predicted molar refractivity (Wildman–Crippen MR) is 61.7 cm³/mol. The summed E-state index contributed by atoms with van der Waals surface area (Å²) in [5.74, 6) is 0.443. The van der Waals surface area contributed by atoms with Crippen LogP contribution in [0.3, 0.4) is 0 Å². The van der Waals surface area contributed by atoms with Crippen molar-refractivity contribution in [2.24, 2.45) is 11.1 Å². The summed E-state index contributed by atoms with van der Waals surface area (Å²) in [7, 11) is 0. The van der Waals surface area contributed by atoms with Crippen LogP contribution in [0, 0.1) is 5.41 Å². The molecule has 1 aliphatic rings. The lowest BCUT2D eigenvalue weighted by atomic mass is 9.73. The zero-order chi connectivity index (χ0) is 11.6. The fraction of sp³-hybridized carbons (Fsp3) is 0.417. The summed E-state index contributed by atoms with van der Waals surface area (Å²) >= 11 is 0. The average Bonchev–Trinajstić information content (AvgIpc) is 1.98. The maximum atomic E-state index is 11.8. The molecule has 0 amide bonds. The molecule has 0 aromatic rings. The van der Waals surface area contributed by atoms with Crippen LogP contribution in [0.4, 0.5) is 0 Å². The van der Waals surface area contributed by atoms with Crippen LogP contribution in [0.15, 0.2) is 36.3 Å². The molecule has 82 valence electrons. The van der Waals surface area contributed by atoms with Crippen LogP contribution >= 0.6 is 0 Å². The van der Waals surface area contributed by atoms with Crippen molar-refractivity contribution in [1.29, 1.82) is 0 Å². The highest BCUT2D eigenvalue weighted by Crippen LogP contribution is 2.38. The molecule has 0 saturated heterocycles. The molecule has 1 fully saturated rings. The predicted octanol–water partition coefficient (Wildman–Crippen LogP) is 1.84. The number of allylic oxidation sites excluding steroid dienone is 2. The van der Waals surface area contributed by atoms with Gasteiger partial charge in [-0.05, 0) is 17.4 Å². The van der Waals surface area contributed by atoms with E-state index in [4.69, 9.17) is 5.73 Å². The monoisotopic (exact) mass is 206 g/mol. The van der Waals surface area contributed by atoms with E-state index in [0.717, 1.165) is 12.0 Å². The first-order valence-corrected chi connectivity index (χ1v) is 4.94. The number of carbonyl (C=O) groups is 1. The molecule has 3 N–H and O–H groups in total. The molecule has 0 atom stereocenters. The molecule has 0 aromatic heterocycles. The van der Waals surface area contributed by atoms with Crippen LogP contribution in [0.25, 0.3) is 0 Å². The largest absolute Gasteiger partial charge is 0.386 e. The van der Waals surface area contributed by atoms with Gasteiger partial charge in [0.15, 0.2) is 5.78 Å². The van der Waals surface area contributed by atoms with Gasteiger partial charge in [-0.15, -0.1) is 0 Å². The normalized spacial score (nSPS) is 22.9. The van der Waals surface area contributed by atoms with Crippen LogP contribution in [-0.2, 0) is 4.79 Å². The molecule has 15 heavy (non-hydrogen) atoms. The highest BCUT2D eigenvalue weighted by Gasteiger charge is 2.31. The second-order valence-corrected chi connectivity index (χ2v) is 4.77. The number of hydrogen-bond donors (Lipinski definition) is 2. The summed E-state index contributed by atoms with van der Waals surface area (Å²) < 4.78 is 0. The fourth-order valence-electron chi connectivity index (χ4n) is 1.81. The van der Waals surface area contributed by atoms with Crippen molar-refractivity contribution in [3.63, 3.8) is 0 Å². The molecule has 1 aliphatic carbocycles. The van der Waals surface area contributed by atoms with Crippen molar-refractivity contribution < 1.29 is 4.79 Å². The van der Waals surface area contributed by atoms with Gasteiger partial charge in [0.05, 0.1) is 5.82 Å². The fourth-order valence-corrected chi connectivity index (χ4v) is 1.81. The molecular weight excluding hydrogens is 188 g/mol. The van der Waals surface area contributed by atoms with E-state index in [0.29, 0.717) is 17.8 Å². The third-order valence-electron chi connectivity index (χ3n) is 2.41. The van der Waals surface area contributed by atoms with E-state index in [1.807, 2.05) is 0 Å². The number of hydrogen-bond acceptors (Lipinski definition) is 3. The van der Waals surface area contributed by atoms with E-state index in [1.54, 1.807) is 6.20 Å². The number of carbonyl (C=O) groups excluding carboxylic acids is 1. The maximum absolute atomic E-state index is 11.8. The molecule has 1 rings (SSSR count). The van der Waals surface area contributed by atoms with Gasteiger partial charge in [0.1, 0.15) is 0 Å². The Morgan fingerprint density at radius 1 is 1.53 bits per heavy atom. The molecule has 0 unspecified atom stereocenters. The van der Waals surface area contributed by atoms with Crippen molar-refractivity contribution in [2.45, 2.75) is 26.7 Å². The average molecular weight is 206 g/mol. The van der Waals surface area contributed by atoms with Crippen molar-refractivity contribution >= 4 is 5.78 Å². The quantitative estimate of drug-likeness (QED) is 0.678. The lowest BCUT2D eigenvalue weighted by Crippen LogP contribution is -2.27. The lowest BCUT2D eigenvalue weighted by Gasteiger charge is -2.31. The summed E-state index contributed by atoms with van der Waals surface area (Å²) in [6, 6.07) is 0.